The first-order valence-corrected chi connectivity index (χ1v) is 8.02. The van der Waals surface area contributed by atoms with Crippen LogP contribution < -0.4 is 0 Å². The minimum Gasteiger partial charge on any atom is -0.207 e. The quantitative estimate of drug-likeness (QED) is 0.826. The summed E-state index contributed by atoms with van der Waals surface area (Å²) < 4.78 is 26.8. The average molecular weight is 267 g/mol. The average Bonchev–Trinajstić information content (AvgIpc) is 2.56. The van der Waals surface area contributed by atoms with Crippen molar-refractivity contribution in [2.75, 3.05) is 13.1 Å². The van der Waals surface area contributed by atoms with Crippen LogP contribution in [0.1, 0.15) is 36.8 Å². The number of hydrogen-bond acceptors (Lipinski definition) is 2. The molecule has 1 heterocycles. The van der Waals surface area contributed by atoms with E-state index in [9.17, 15) is 8.42 Å². The first-order chi connectivity index (χ1) is 8.50. The molecule has 1 aliphatic heterocycles. The zero-order chi connectivity index (χ0) is 13.2. The van der Waals surface area contributed by atoms with Crippen molar-refractivity contribution >= 4 is 10.0 Å². The minimum atomic E-state index is -3.30. The van der Waals surface area contributed by atoms with E-state index in [1.165, 1.54) is 0 Å². The van der Waals surface area contributed by atoms with Gasteiger partial charge in [-0.3, -0.25) is 0 Å². The highest BCUT2D eigenvalue weighted by molar-refractivity contribution is 7.89. The Kier molecular flexibility index (Phi) is 4.07. The maximum absolute atomic E-state index is 12.6. The van der Waals surface area contributed by atoms with E-state index in [-0.39, 0.29) is 0 Å². The number of rotatable bonds is 2. The summed E-state index contributed by atoms with van der Waals surface area (Å²) in [4.78, 5) is 0.446. The zero-order valence-corrected chi connectivity index (χ0v) is 12.0. The van der Waals surface area contributed by atoms with Crippen molar-refractivity contribution in [2.45, 2.75) is 44.4 Å². The van der Waals surface area contributed by atoms with Gasteiger partial charge in [-0.05, 0) is 49.9 Å². The van der Waals surface area contributed by atoms with Gasteiger partial charge in [0, 0.05) is 13.1 Å². The fourth-order valence-corrected chi connectivity index (χ4v) is 4.22. The highest BCUT2D eigenvalue weighted by Gasteiger charge is 2.25. The van der Waals surface area contributed by atoms with Gasteiger partial charge in [-0.1, -0.05) is 18.9 Å². The molecule has 1 aromatic rings. The molecule has 3 nitrogen and oxygen atoms in total. The SMILES string of the molecule is Cc1cc(C)cc(S(=O)(=O)N2CCCCCC2)c1. The zero-order valence-electron chi connectivity index (χ0n) is 11.1. The smallest absolute Gasteiger partial charge is 0.207 e. The van der Waals surface area contributed by atoms with Gasteiger partial charge in [0.15, 0.2) is 0 Å². The molecule has 0 unspecified atom stereocenters. The van der Waals surface area contributed by atoms with Crippen molar-refractivity contribution < 1.29 is 8.42 Å². The molecule has 4 heteroatoms. The number of hydrogen-bond donors (Lipinski definition) is 0. The molecule has 0 aliphatic carbocycles. The summed E-state index contributed by atoms with van der Waals surface area (Å²) in [5, 5.41) is 0. The first-order valence-electron chi connectivity index (χ1n) is 6.58. The lowest BCUT2D eigenvalue weighted by atomic mass is 10.2. The van der Waals surface area contributed by atoms with E-state index < -0.39 is 10.0 Å². The molecular weight excluding hydrogens is 246 g/mol. The van der Waals surface area contributed by atoms with Gasteiger partial charge in [0.25, 0.3) is 0 Å². The fourth-order valence-electron chi connectivity index (χ4n) is 2.51. The molecule has 18 heavy (non-hydrogen) atoms. The van der Waals surface area contributed by atoms with Crippen LogP contribution in [-0.2, 0) is 10.0 Å². The standard InChI is InChI=1S/C14H21NO2S/c1-12-9-13(2)11-14(10-12)18(16,17)15-7-5-3-4-6-8-15/h9-11H,3-8H2,1-2H3. The van der Waals surface area contributed by atoms with Gasteiger partial charge in [-0.25, -0.2) is 8.42 Å². The van der Waals surface area contributed by atoms with Crippen LogP contribution in [0.5, 0.6) is 0 Å². The Labute approximate surface area is 110 Å². The van der Waals surface area contributed by atoms with Crippen molar-refractivity contribution in [3.05, 3.63) is 29.3 Å². The molecule has 1 saturated heterocycles. The second-order valence-corrected chi connectivity index (χ2v) is 7.08. The maximum atomic E-state index is 12.6. The molecule has 0 saturated carbocycles. The van der Waals surface area contributed by atoms with E-state index in [2.05, 4.69) is 0 Å². The summed E-state index contributed by atoms with van der Waals surface area (Å²) in [6.07, 6.45) is 4.23. The van der Waals surface area contributed by atoms with Crippen LogP contribution in [0.25, 0.3) is 0 Å². The van der Waals surface area contributed by atoms with E-state index in [0.29, 0.717) is 18.0 Å². The van der Waals surface area contributed by atoms with Crippen molar-refractivity contribution in [3.8, 4) is 0 Å². The van der Waals surface area contributed by atoms with Crippen LogP contribution in [-0.4, -0.2) is 25.8 Å². The van der Waals surface area contributed by atoms with Crippen LogP contribution in [0.15, 0.2) is 23.1 Å². The van der Waals surface area contributed by atoms with E-state index in [4.69, 9.17) is 0 Å². The Bertz CT molecular complexity index is 494. The molecule has 0 atom stereocenters. The molecule has 0 spiro atoms. The van der Waals surface area contributed by atoms with Gasteiger partial charge in [-0.2, -0.15) is 4.31 Å². The highest BCUT2D eigenvalue weighted by atomic mass is 32.2. The summed E-state index contributed by atoms with van der Waals surface area (Å²) in [6, 6.07) is 5.54. The summed E-state index contributed by atoms with van der Waals surface area (Å²) in [5.41, 5.74) is 2.01. The Morgan fingerprint density at radius 2 is 1.39 bits per heavy atom. The molecule has 0 radical (unpaired) electrons. The first kappa shape index (κ1) is 13.6. The summed E-state index contributed by atoms with van der Waals surface area (Å²) >= 11 is 0. The minimum absolute atomic E-state index is 0.446. The Balaban J connectivity index is 2.34. The van der Waals surface area contributed by atoms with E-state index in [1.807, 2.05) is 19.9 Å². The molecule has 1 fully saturated rings. The third-order valence-electron chi connectivity index (χ3n) is 3.40. The molecule has 0 aromatic heterocycles. The number of benzene rings is 1. The lowest BCUT2D eigenvalue weighted by molar-refractivity contribution is 0.423. The predicted octanol–water partition coefficient (Wildman–Crippen LogP) is 2.87. The van der Waals surface area contributed by atoms with E-state index in [0.717, 1.165) is 36.8 Å². The molecule has 0 amide bonds. The van der Waals surface area contributed by atoms with Crippen molar-refractivity contribution in [2.24, 2.45) is 0 Å². The highest BCUT2D eigenvalue weighted by Crippen LogP contribution is 2.22. The molecule has 0 bridgehead atoms. The van der Waals surface area contributed by atoms with Crippen LogP contribution in [0.2, 0.25) is 0 Å². The number of aryl methyl sites for hydroxylation is 2. The monoisotopic (exact) mass is 267 g/mol. The molecule has 1 aromatic carbocycles. The van der Waals surface area contributed by atoms with E-state index >= 15 is 0 Å². The lowest BCUT2D eigenvalue weighted by Gasteiger charge is -2.20. The number of nitrogens with zero attached hydrogens (tertiary/aromatic N) is 1. The largest absolute Gasteiger partial charge is 0.243 e. The van der Waals surface area contributed by atoms with Gasteiger partial charge >= 0.3 is 0 Å². The van der Waals surface area contributed by atoms with Crippen molar-refractivity contribution in [1.29, 1.82) is 0 Å². The van der Waals surface area contributed by atoms with Gasteiger partial charge < -0.3 is 0 Å². The fraction of sp³-hybridized carbons (Fsp3) is 0.571. The Hall–Kier alpha value is -0.870. The Morgan fingerprint density at radius 1 is 0.889 bits per heavy atom. The second kappa shape index (κ2) is 5.41. The third-order valence-corrected chi connectivity index (χ3v) is 5.27. The maximum Gasteiger partial charge on any atom is 0.243 e. The topological polar surface area (TPSA) is 37.4 Å². The van der Waals surface area contributed by atoms with Crippen LogP contribution >= 0.6 is 0 Å². The summed E-state index contributed by atoms with van der Waals surface area (Å²) in [7, 11) is -3.30. The molecule has 1 aliphatic rings. The third kappa shape index (κ3) is 2.93. The van der Waals surface area contributed by atoms with Crippen LogP contribution in [0.3, 0.4) is 0 Å². The molecule has 100 valence electrons. The normalized spacial score (nSPS) is 18.6. The van der Waals surface area contributed by atoms with Gasteiger partial charge in [0.1, 0.15) is 0 Å². The van der Waals surface area contributed by atoms with Crippen molar-refractivity contribution in [1.82, 2.24) is 4.31 Å². The molecule has 2 rings (SSSR count). The second-order valence-electron chi connectivity index (χ2n) is 5.14. The number of sulfonamides is 1. The van der Waals surface area contributed by atoms with Crippen molar-refractivity contribution in [3.63, 3.8) is 0 Å². The molecular formula is C14H21NO2S. The Morgan fingerprint density at radius 3 is 1.89 bits per heavy atom. The van der Waals surface area contributed by atoms with Gasteiger partial charge in [0.2, 0.25) is 10.0 Å². The van der Waals surface area contributed by atoms with Gasteiger partial charge in [-0.15, -0.1) is 0 Å². The van der Waals surface area contributed by atoms with E-state index in [1.54, 1.807) is 16.4 Å². The van der Waals surface area contributed by atoms with Crippen LogP contribution in [0.4, 0.5) is 0 Å². The van der Waals surface area contributed by atoms with Gasteiger partial charge in [0.05, 0.1) is 4.90 Å². The van der Waals surface area contributed by atoms with Crippen LogP contribution in [0, 0.1) is 13.8 Å². The predicted molar refractivity (Wildman–Crippen MR) is 73.1 cm³/mol. The summed E-state index contributed by atoms with van der Waals surface area (Å²) in [5.74, 6) is 0. The lowest BCUT2D eigenvalue weighted by Crippen LogP contribution is -2.32. The summed E-state index contributed by atoms with van der Waals surface area (Å²) in [6.45, 7) is 5.20. The molecule has 0 N–H and O–H groups in total.